The molecule has 4 nitrogen and oxygen atoms in total. The number of carbonyl (C=O) groups excluding carboxylic acids is 1. The smallest absolute Gasteiger partial charge is 0.327 e. The fourth-order valence-electron chi connectivity index (χ4n) is 1.83. The van der Waals surface area contributed by atoms with E-state index >= 15 is 0 Å². The molecule has 0 aliphatic carbocycles. The number of carbonyl (C=O) groups is 2. The Kier molecular flexibility index (Phi) is 4.62. The van der Waals surface area contributed by atoms with E-state index in [1.165, 1.54) is 11.0 Å². The average molecular weight is 257 g/mol. The second-order valence-electron chi connectivity index (χ2n) is 4.79. The predicted octanol–water partition coefficient (Wildman–Crippen LogP) is 1.96. The highest BCUT2D eigenvalue weighted by Gasteiger charge is 2.41. The summed E-state index contributed by atoms with van der Waals surface area (Å²) in [6.45, 7) is 7.68. The van der Waals surface area contributed by atoms with Gasteiger partial charge in [-0.3, -0.25) is 4.79 Å². The van der Waals surface area contributed by atoms with Crippen LogP contribution in [0, 0.1) is 5.92 Å². The fourth-order valence-corrected chi connectivity index (χ4v) is 3.31. The van der Waals surface area contributed by atoms with Gasteiger partial charge in [-0.2, -0.15) is 0 Å². The molecule has 1 saturated heterocycles. The van der Waals surface area contributed by atoms with E-state index in [-0.39, 0.29) is 17.2 Å². The van der Waals surface area contributed by atoms with E-state index < -0.39 is 12.0 Å². The highest BCUT2D eigenvalue weighted by Crippen LogP contribution is 2.34. The van der Waals surface area contributed by atoms with Gasteiger partial charge in [-0.25, -0.2) is 4.79 Å². The summed E-state index contributed by atoms with van der Waals surface area (Å²) in [6.07, 6.45) is 1.51. The topological polar surface area (TPSA) is 57.6 Å². The lowest BCUT2D eigenvalue weighted by Crippen LogP contribution is -2.46. The molecule has 2 unspecified atom stereocenters. The van der Waals surface area contributed by atoms with Gasteiger partial charge >= 0.3 is 5.97 Å². The Balaban J connectivity index is 2.97. The standard InChI is InChI=1S/C12H19NO3S/c1-7(2)5-10(14)13-9(12(15)16)6-17-11(13)8(3)4/h5,8-9,11H,6H2,1-4H3,(H,15,16). The van der Waals surface area contributed by atoms with Crippen molar-refractivity contribution in [3.05, 3.63) is 11.6 Å². The van der Waals surface area contributed by atoms with Gasteiger partial charge in [0.2, 0.25) is 5.91 Å². The minimum absolute atomic E-state index is 0.0424. The summed E-state index contributed by atoms with van der Waals surface area (Å²) in [5.41, 5.74) is 0.888. The Morgan fingerprint density at radius 2 is 2.00 bits per heavy atom. The van der Waals surface area contributed by atoms with Crippen LogP contribution in [-0.4, -0.2) is 39.1 Å². The van der Waals surface area contributed by atoms with E-state index in [4.69, 9.17) is 5.11 Å². The molecule has 1 fully saturated rings. The Morgan fingerprint density at radius 3 is 2.41 bits per heavy atom. The number of allylic oxidation sites excluding steroid dienone is 1. The van der Waals surface area contributed by atoms with Gasteiger partial charge in [0.25, 0.3) is 0 Å². The zero-order valence-corrected chi connectivity index (χ0v) is 11.5. The molecule has 0 bridgehead atoms. The SMILES string of the molecule is CC(C)=CC(=O)N1C(C(=O)O)CSC1C(C)C. The quantitative estimate of drug-likeness (QED) is 0.785. The number of carboxylic acids is 1. The van der Waals surface area contributed by atoms with E-state index in [0.29, 0.717) is 5.75 Å². The molecule has 96 valence electrons. The largest absolute Gasteiger partial charge is 0.480 e. The van der Waals surface area contributed by atoms with Crippen LogP contribution < -0.4 is 0 Å². The predicted molar refractivity (Wildman–Crippen MR) is 68.8 cm³/mol. The van der Waals surface area contributed by atoms with Crippen molar-refractivity contribution in [2.24, 2.45) is 5.92 Å². The lowest BCUT2D eigenvalue weighted by molar-refractivity contribution is -0.147. The number of nitrogens with zero attached hydrogens (tertiary/aromatic N) is 1. The molecule has 1 amide bonds. The Morgan fingerprint density at radius 1 is 1.41 bits per heavy atom. The molecule has 0 radical (unpaired) electrons. The van der Waals surface area contributed by atoms with E-state index in [0.717, 1.165) is 5.57 Å². The third-order valence-electron chi connectivity index (χ3n) is 2.56. The Labute approximate surface area is 106 Å². The monoisotopic (exact) mass is 257 g/mol. The van der Waals surface area contributed by atoms with Crippen LogP contribution in [0.25, 0.3) is 0 Å². The van der Waals surface area contributed by atoms with Gasteiger partial charge in [0.05, 0.1) is 5.37 Å². The average Bonchev–Trinajstić information content (AvgIpc) is 2.59. The number of hydrogen-bond acceptors (Lipinski definition) is 3. The van der Waals surface area contributed by atoms with E-state index in [1.54, 1.807) is 11.8 Å². The second kappa shape index (κ2) is 5.58. The normalized spacial score (nSPS) is 23.9. The van der Waals surface area contributed by atoms with Gasteiger partial charge in [0.15, 0.2) is 0 Å². The van der Waals surface area contributed by atoms with Crippen LogP contribution in [0.2, 0.25) is 0 Å². The summed E-state index contributed by atoms with van der Waals surface area (Å²) in [7, 11) is 0. The van der Waals surface area contributed by atoms with Gasteiger partial charge in [-0.15, -0.1) is 11.8 Å². The minimum Gasteiger partial charge on any atom is -0.480 e. The van der Waals surface area contributed by atoms with Crippen LogP contribution in [0.1, 0.15) is 27.7 Å². The van der Waals surface area contributed by atoms with Crippen LogP contribution in [0.4, 0.5) is 0 Å². The first-order chi connectivity index (χ1) is 7.84. The highest BCUT2D eigenvalue weighted by molar-refractivity contribution is 8.00. The molecule has 1 aliphatic heterocycles. The maximum absolute atomic E-state index is 12.1. The molecule has 17 heavy (non-hydrogen) atoms. The molecular weight excluding hydrogens is 238 g/mol. The summed E-state index contributed by atoms with van der Waals surface area (Å²) >= 11 is 1.55. The minimum atomic E-state index is -0.920. The van der Waals surface area contributed by atoms with Gasteiger partial charge in [-0.1, -0.05) is 19.4 Å². The first-order valence-electron chi connectivity index (χ1n) is 5.66. The molecule has 0 aromatic carbocycles. The van der Waals surface area contributed by atoms with Crippen molar-refractivity contribution < 1.29 is 14.7 Å². The highest BCUT2D eigenvalue weighted by atomic mass is 32.2. The molecular formula is C12H19NO3S. The van der Waals surface area contributed by atoms with Gasteiger partial charge in [-0.05, 0) is 19.8 Å². The van der Waals surface area contributed by atoms with Gasteiger partial charge < -0.3 is 10.0 Å². The third-order valence-corrected chi connectivity index (χ3v) is 4.18. The summed E-state index contributed by atoms with van der Waals surface area (Å²) in [4.78, 5) is 24.7. The van der Waals surface area contributed by atoms with E-state index in [1.807, 2.05) is 27.7 Å². The van der Waals surface area contributed by atoms with Crippen LogP contribution >= 0.6 is 11.8 Å². The van der Waals surface area contributed by atoms with Crippen molar-refractivity contribution in [1.29, 1.82) is 0 Å². The van der Waals surface area contributed by atoms with E-state index in [9.17, 15) is 9.59 Å². The molecule has 0 aromatic rings. The van der Waals surface area contributed by atoms with Crippen molar-refractivity contribution in [2.45, 2.75) is 39.1 Å². The first-order valence-corrected chi connectivity index (χ1v) is 6.71. The molecule has 1 aliphatic rings. The lowest BCUT2D eigenvalue weighted by atomic mass is 10.1. The second-order valence-corrected chi connectivity index (χ2v) is 5.94. The van der Waals surface area contributed by atoms with E-state index in [2.05, 4.69) is 0 Å². The summed E-state index contributed by atoms with van der Waals surface area (Å²) < 4.78 is 0. The molecule has 1 heterocycles. The number of rotatable bonds is 3. The number of carboxylic acid groups (broad SMARTS) is 1. The Hall–Kier alpha value is -0.970. The first kappa shape index (κ1) is 14.1. The van der Waals surface area contributed by atoms with Crippen molar-refractivity contribution in [1.82, 2.24) is 4.90 Å². The molecule has 5 heteroatoms. The molecule has 0 spiro atoms. The van der Waals surface area contributed by atoms with Crippen molar-refractivity contribution in [3.63, 3.8) is 0 Å². The molecule has 2 atom stereocenters. The fraction of sp³-hybridized carbons (Fsp3) is 0.667. The maximum atomic E-state index is 12.1. The summed E-state index contributed by atoms with van der Waals surface area (Å²) in [5.74, 6) is -0.392. The zero-order valence-electron chi connectivity index (χ0n) is 10.6. The van der Waals surface area contributed by atoms with Crippen molar-refractivity contribution in [3.8, 4) is 0 Å². The summed E-state index contributed by atoms with van der Waals surface area (Å²) in [6, 6.07) is -0.699. The number of thioether (sulfide) groups is 1. The van der Waals surface area contributed by atoms with Crippen LogP contribution in [0.5, 0.6) is 0 Å². The number of aliphatic carboxylic acids is 1. The van der Waals surface area contributed by atoms with Crippen LogP contribution in [0.3, 0.4) is 0 Å². The van der Waals surface area contributed by atoms with Crippen molar-refractivity contribution in [2.75, 3.05) is 5.75 Å². The molecule has 0 aromatic heterocycles. The van der Waals surface area contributed by atoms with Crippen LogP contribution in [-0.2, 0) is 9.59 Å². The number of amides is 1. The third kappa shape index (κ3) is 3.25. The van der Waals surface area contributed by atoms with Crippen LogP contribution in [0.15, 0.2) is 11.6 Å². The Bertz CT molecular complexity index is 348. The summed E-state index contributed by atoms with van der Waals surface area (Å²) in [5, 5.41) is 9.10. The van der Waals surface area contributed by atoms with Gasteiger partial charge in [0, 0.05) is 11.8 Å². The molecule has 0 saturated carbocycles. The zero-order chi connectivity index (χ0) is 13.2. The molecule has 1 rings (SSSR count). The lowest BCUT2D eigenvalue weighted by Gasteiger charge is -2.28. The van der Waals surface area contributed by atoms with Crippen molar-refractivity contribution >= 4 is 23.6 Å². The van der Waals surface area contributed by atoms with Gasteiger partial charge in [0.1, 0.15) is 6.04 Å². The number of hydrogen-bond donors (Lipinski definition) is 1. The maximum Gasteiger partial charge on any atom is 0.327 e. The molecule has 1 N–H and O–H groups in total.